The summed E-state index contributed by atoms with van der Waals surface area (Å²) in [5, 5.41) is 11.9. The molecule has 1 atom stereocenters. The van der Waals surface area contributed by atoms with E-state index in [0.29, 0.717) is 17.1 Å². The second-order valence-corrected chi connectivity index (χ2v) is 4.89. The van der Waals surface area contributed by atoms with Gasteiger partial charge in [0.25, 0.3) is 0 Å². The Morgan fingerprint density at radius 1 is 1.45 bits per heavy atom. The maximum Gasteiger partial charge on any atom is 0.323 e. The number of hydrogen-bond donors (Lipinski definition) is 2. The van der Waals surface area contributed by atoms with Gasteiger partial charge in [-0.15, -0.1) is 0 Å². The zero-order chi connectivity index (χ0) is 14.7. The van der Waals surface area contributed by atoms with Gasteiger partial charge in [0.1, 0.15) is 12.6 Å². The number of amides is 2. The molecule has 1 aliphatic heterocycles. The van der Waals surface area contributed by atoms with Crippen LogP contribution in [0.4, 0.5) is 5.69 Å². The molecule has 1 aromatic rings. The Bertz CT molecular complexity index is 561. The van der Waals surface area contributed by atoms with Crippen molar-refractivity contribution in [3.05, 3.63) is 29.3 Å². The molecule has 1 saturated heterocycles. The molecule has 0 bridgehead atoms. The molecule has 20 heavy (non-hydrogen) atoms. The number of carboxylic acids is 1. The average molecular weight is 297 g/mol. The molecule has 0 aliphatic carbocycles. The number of benzene rings is 1. The van der Waals surface area contributed by atoms with Crippen LogP contribution in [0.25, 0.3) is 0 Å². The molecule has 106 valence electrons. The Labute approximate surface area is 120 Å². The minimum atomic E-state index is -1.14. The van der Waals surface area contributed by atoms with Crippen molar-refractivity contribution in [2.75, 3.05) is 11.4 Å². The molecule has 2 N–H and O–H groups in total. The molecule has 7 heteroatoms. The zero-order valence-corrected chi connectivity index (χ0v) is 11.3. The standard InChI is InChI=1S/C13H13ClN2O4/c14-8-2-1-3-9(6-8)16(7-12(18)19)13(20)10-4-5-11(17)15-10/h1-3,6,10H,4-5,7H2,(H,15,17)(H,18,19)/t10-/m1/s1. The summed E-state index contributed by atoms with van der Waals surface area (Å²) in [6.45, 7) is -0.481. The Morgan fingerprint density at radius 2 is 2.20 bits per heavy atom. The number of rotatable bonds is 4. The zero-order valence-electron chi connectivity index (χ0n) is 10.5. The lowest BCUT2D eigenvalue weighted by Gasteiger charge is -2.24. The van der Waals surface area contributed by atoms with Gasteiger partial charge in [-0.1, -0.05) is 17.7 Å². The lowest BCUT2D eigenvalue weighted by molar-refractivity contribution is -0.136. The number of carboxylic acid groups (broad SMARTS) is 1. The van der Waals surface area contributed by atoms with E-state index in [-0.39, 0.29) is 12.3 Å². The third kappa shape index (κ3) is 3.27. The number of carbonyl (C=O) groups is 3. The molecule has 0 saturated carbocycles. The van der Waals surface area contributed by atoms with Gasteiger partial charge >= 0.3 is 5.97 Å². The average Bonchev–Trinajstić information content (AvgIpc) is 2.81. The van der Waals surface area contributed by atoms with Gasteiger partial charge in [0, 0.05) is 17.1 Å². The summed E-state index contributed by atoms with van der Waals surface area (Å²) in [5.41, 5.74) is 0.394. The first-order valence-electron chi connectivity index (χ1n) is 6.05. The van der Waals surface area contributed by atoms with E-state index in [1.54, 1.807) is 18.2 Å². The van der Waals surface area contributed by atoms with Crippen molar-refractivity contribution in [3.8, 4) is 0 Å². The molecule has 2 rings (SSSR count). The minimum absolute atomic E-state index is 0.204. The van der Waals surface area contributed by atoms with Crippen molar-refractivity contribution in [2.24, 2.45) is 0 Å². The van der Waals surface area contributed by atoms with Crippen LogP contribution in [0.3, 0.4) is 0 Å². The van der Waals surface area contributed by atoms with Gasteiger partial charge in [-0.25, -0.2) is 0 Å². The predicted octanol–water partition coefficient (Wildman–Crippen LogP) is 1.04. The molecule has 2 amide bonds. The van der Waals surface area contributed by atoms with Crippen LogP contribution in [0.1, 0.15) is 12.8 Å². The molecule has 1 fully saturated rings. The number of carbonyl (C=O) groups excluding carboxylic acids is 2. The van der Waals surface area contributed by atoms with Gasteiger partial charge in [0.15, 0.2) is 0 Å². The van der Waals surface area contributed by atoms with Crippen molar-refractivity contribution in [1.82, 2.24) is 5.32 Å². The van der Waals surface area contributed by atoms with Crippen molar-refractivity contribution in [3.63, 3.8) is 0 Å². The van der Waals surface area contributed by atoms with Crippen LogP contribution in [0.2, 0.25) is 5.02 Å². The van der Waals surface area contributed by atoms with Gasteiger partial charge in [-0.3, -0.25) is 19.3 Å². The number of hydrogen-bond acceptors (Lipinski definition) is 3. The monoisotopic (exact) mass is 296 g/mol. The molecule has 0 aromatic heterocycles. The first-order valence-corrected chi connectivity index (χ1v) is 6.43. The summed E-state index contributed by atoms with van der Waals surface area (Å²) in [6, 6.07) is 5.70. The third-order valence-electron chi connectivity index (χ3n) is 2.97. The molecule has 1 aliphatic rings. The Morgan fingerprint density at radius 3 is 2.75 bits per heavy atom. The smallest absolute Gasteiger partial charge is 0.323 e. The number of aliphatic carboxylic acids is 1. The fourth-order valence-corrected chi connectivity index (χ4v) is 2.25. The van der Waals surface area contributed by atoms with E-state index in [4.69, 9.17) is 16.7 Å². The molecule has 1 heterocycles. The lowest BCUT2D eigenvalue weighted by Crippen LogP contribution is -2.46. The highest BCUT2D eigenvalue weighted by Gasteiger charge is 2.32. The van der Waals surface area contributed by atoms with Crippen molar-refractivity contribution >= 4 is 35.1 Å². The summed E-state index contributed by atoms with van der Waals surface area (Å²) in [4.78, 5) is 35.6. The number of anilines is 1. The number of halogens is 1. The van der Waals surface area contributed by atoms with Crippen LogP contribution in [-0.2, 0) is 14.4 Å². The topological polar surface area (TPSA) is 86.7 Å². The van der Waals surface area contributed by atoms with Crippen LogP contribution < -0.4 is 10.2 Å². The van der Waals surface area contributed by atoms with Crippen molar-refractivity contribution < 1.29 is 19.5 Å². The molecular formula is C13H13ClN2O4. The quantitative estimate of drug-likeness (QED) is 0.869. The van der Waals surface area contributed by atoms with Crippen LogP contribution in [0, 0.1) is 0 Å². The Hall–Kier alpha value is -2.08. The second-order valence-electron chi connectivity index (χ2n) is 4.46. The maximum absolute atomic E-state index is 12.3. The van der Waals surface area contributed by atoms with Gasteiger partial charge < -0.3 is 10.4 Å². The van der Waals surface area contributed by atoms with Crippen molar-refractivity contribution in [1.29, 1.82) is 0 Å². The molecule has 0 spiro atoms. The van der Waals surface area contributed by atoms with Crippen LogP contribution in [-0.4, -0.2) is 35.5 Å². The predicted molar refractivity (Wildman–Crippen MR) is 72.6 cm³/mol. The lowest BCUT2D eigenvalue weighted by atomic mass is 10.2. The van der Waals surface area contributed by atoms with E-state index in [2.05, 4.69) is 5.32 Å². The summed E-state index contributed by atoms with van der Waals surface area (Å²) in [7, 11) is 0. The van der Waals surface area contributed by atoms with E-state index in [9.17, 15) is 14.4 Å². The van der Waals surface area contributed by atoms with Crippen LogP contribution in [0.15, 0.2) is 24.3 Å². The highest BCUT2D eigenvalue weighted by Crippen LogP contribution is 2.21. The summed E-state index contributed by atoms with van der Waals surface area (Å²) >= 11 is 5.86. The first-order chi connectivity index (χ1) is 9.47. The van der Waals surface area contributed by atoms with Gasteiger partial charge in [-0.05, 0) is 24.6 Å². The number of nitrogens with zero attached hydrogens (tertiary/aromatic N) is 1. The molecule has 6 nitrogen and oxygen atoms in total. The van der Waals surface area contributed by atoms with Gasteiger partial charge in [0.05, 0.1) is 0 Å². The third-order valence-corrected chi connectivity index (χ3v) is 3.21. The van der Waals surface area contributed by atoms with Crippen molar-refractivity contribution in [2.45, 2.75) is 18.9 Å². The van der Waals surface area contributed by atoms with E-state index in [1.807, 2.05) is 0 Å². The fourth-order valence-electron chi connectivity index (χ4n) is 2.06. The maximum atomic E-state index is 12.3. The molecule has 1 aromatic carbocycles. The molecule has 0 radical (unpaired) electrons. The summed E-state index contributed by atoms with van der Waals surface area (Å²) in [5.74, 6) is -1.78. The highest BCUT2D eigenvalue weighted by molar-refractivity contribution is 6.31. The SMILES string of the molecule is O=C(O)CN(C(=O)[C@H]1CCC(=O)N1)c1cccc(Cl)c1. The van der Waals surface area contributed by atoms with E-state index >= 15 is 0 Å². The van der Waals surface area contributed by atoms with E-state index < -0.39 is 24.5 Å². The van der Waals surface area contributed by atoms with Crippen LogP contribution in [0.5, 0.6) is 0 Å². The summed E-state index contributed by atoms with van der Waals surface area (Å²) < 4.78 is 0. The van der Waals surface area contributed by atoms with E-state index in [1.165, 1.54) is 6.07 Å². The Balaban J connectivity index is 2.25. The van der Waals surface area contributed by atoms with Gasteiger partial charge in [0.2, 0.25) is 11.8 Å². The normalized spacial score (nSPS) is 17.6. The molecule has 0 unspecified atom stereocenters. The van der Waals surface area contributed by atoms with Crippen LogP contribution >= 0.6 is 11.6 Å². The first kappa shape index (κ1) is 14.3. The number of nitrogens with one attached hydrogen (secondary N) is 1. The summed E-state index contributed by atoms with van der Waals surface area (Å²) in [6.07, 6.45) is 0.640. The largest absolute Gasteiger partial charge is 0.480 e. The fraction of sp³-hybridized carbons (Fsp3) is 0.308. The van der Waals surface area contributed by atoms with E-state index in [0.717, 1.165) is 4.90 Å². The second kappa shape index (κ2) is 5.92. The highest BCUT2D eigenvalue weighted by atomic mass is 35.5. The Kier molecular flexibility index (Phi) is 4.24. The molecular weight excluding hydrogens is 284 g/mol. The minimum Gasteiger partial charge on any atom is -0.480 e. The van der Waals surface area contributed by atoms with Gasteiger partial charge in [-0.2, -0.15) is 0 Å².